The summed E-state index contributed by atoms with van der Waals surface area (Å²) in [4.78, 5) is 45.8. The molecule has 0 saturated carbocycles. The van der Waals surface area contributed by atoms with E-state index in [9.17, 15) is 24.3 Å². The smallest absolute Gasteiger partial charge is 0.326 e. The number of thioether (sulfide) groups is 1. The number of carboxylic acids is 1. The highest BCUT2D eigenvalue weighted by Gasteiger charge is 2.26. The summed E-state index contributed by atoms with van der Waals surface area (Å²) < 4.78 is 0. The molecule has 0 unspecified atom stereocenters. The average molecular weight is 362 g/mol. The highest BCUT2D eigenvalue weighted by molar-refractivity contribution is 7.99. The van der Waals surface area contributed by atoms with Crippen LogP contribution < -0.4 is 21.7 Å². The maximum atomic E-state index is 12.3. The minimum atomic E-state index is -1.13. The third-order valence-electron chi connectivity index (χ3n) is 2.87. The number of carbonyl (C=O) groups is 4. The van der Waals surface area contributed by atoms with Crippen LogP contribution in [0.3, 0.4) is 0 Å². The summed E-state index contributed by atoms with van der Waals surface area (Å²) in [6, 6.07) is -1.97. The molecule has 6 N–H and O–H groups in total. The summed E-state index contributed by atoms with van der Waals surface area (Å²) in [5.74, 6) is -1.94. The Hall–Kier alpha value is -1.81. The summed E-state index contributed by atoms with van der Waals surface area (Å²) in [5, 5.41) is 16.6. The third-order valence-corrected chi connectivity index (χ3v) is 3.78. The van der Waals surface area contributed by atoms with E-state index in [2.05, 4.69) is 16.0 Å². The second-order valence-electron chi connectivity index (χ2n) is 5.60. The van der Waals surface area contributed by atoms with Crippen molar-refractivity contribution in [2.24, 2.45) is 11.7 Å². The zero-order valence-corrected chi connectivity index (χ0v) is 14.9. The second-order valence-corrected chi connectivity index (χ2v) is 6.63. The van der Waals surface area contributed by atoms with E-state index in [0.717, 1.165) is 0 Å². The lowest BCUT2D eigenvalue weighted by molar-refractivity contribution is -0.142. The van der Waals surface area contributed by atoms with Crippen LogP contribution in [0.4, 0.5) is 0 Å². The Morgan fingerprint density at radius 1 is 1.12 bits per heavy atom. The minimum absolute atomic E-state index is 0.0811. The van der Waals surface area contributed by atoms with E-state index in [1.165, 1.54) is 18.7 Å². The van der Waals surface area contributed by atoms with Crippen LogP contribution in [0, 0.1) is 5.92 Å². The normalized spacial score (nSPS) is 13.0. The number of carbonyl (C=O) groups excluding carboxylic acids is 3. The Balaban J connectivity index is 4.77. The molecule has 9 nitrogen and oxygen atoms in total. The van der Waals surface area contributed by atoms with Crippen molar-refractivity contribution < 1.29 is 24.3 Å². The van der Waals surface area contributed by atoms with Crippen LogP contribution in [0.15, 0.2) is 0 Å². The predicted molar refractivity (Wildman–Crippen MR) is 91.1 cm³/mol. The fraction of sp³-hybridized carbons (Fsp3) is 0.714. The van der Waals surface area contributed by atoms with E-state index in [0.29, 0.717) is 0 Å². The highest BCUT2D eigenvalue weighted by Crippen LogP contribution is 2.07. The summed E-state index contributed by atoms with van der Waals surface area (Å²) >= 11 is 1.22. The van der Waals surface area contributed by atoms with Crippen LogP contribution in [-0.2, 0) is 19.2 Å². The predicted octanol–water partition coefficient (Wildman–Crippen LogP) is -1.13. The highest BCUT2D eigenvalue weighted by atomic mass is 32.2. The number of rotatable bonds is 11. The van der Waals surface area contributed by atoms with Gasteiger partial charge in [0.2, 0.25) is 17.7 Å². The lowest BCUT2D eigenvalue weighted by atomic mass is 10.0. The first-order valence-electron chi connectivity index (χ1n) is 7.52. The molecule has 2 atom stereocenters. The molecule has 0 aliphatic rings. The van der Waals surface area contributed by atoms with Crippen LogP contribution in [0.1, 0.15) is 27.2 Å². The standard InChI is InChI=1S/C14H26N4O5S/c1-8(2)4-10(14(22)23)18-13(21)11(17-12(20)5-15)6-24-7-16-9(3)19/h8,10-11H,4-7,15H2,1-3H3,(H,16,19)(H,17,20)(H,18,21)(H,22,23)/t10-,11-/m0/s1. The molecule has 0 rings (SSSR count). The number of nitrogens with two attached hydrogens (primary N) is 1. The van der Waals surface area contributed by atoms with Gasteiger partial charge in [-0.3, -0.25) is 14.4 Å². The molecule has 0 saturated heterocycles. The quantitative estimate of drug-likeness (QED) is 0.230. The SMILES string of the molecule is CC(=O)NCSC[C@H](NC(=O)CN)C(=O)N[C@@H](CC(C)C)C(=O)O. The van der Waals surface area contributed by atoms with E-state index >= 15 is 0 Å². The molecule has 3 amide bonds. The van der Waals surface area contributed by atoms with E-state index < -0.39 is 29.9 Å². The number of hydrogen-bond donors (Lipinski definition) is 5. The second kappa shape index (κ2) is 11.7. The number of hydrogen-bond acceptors (Lipinski definition) is 6. The topological polar surface area (TPSA) is 151 Å². The molecule has 0 aromatic heterocycles. The van der Waals surface area contributed by atoms with Gasteiger partial charge in [0.25, 0.3) is 0 Å². The maximum absolute atomic E-state index is 12.3. The summed E-state index contributed by atoms with van der Waals surface area (Å²) in [7, 11) is 0. The average Bonchev–Trinajstić information content (AvgIpc) is 2.48. The number of aliphatic carboxylic acids is 1. The fourth-order valence-electron chi connectivity index (χ4n) is 1.73. The van der Waals surface area contributed by atoms with Gasteiger partial charge < -0.3 is 26.8 Å². The Morgan fingerprint density at radius 2 is 1.75 bits per heavy atom. The molecule has 0 spiro atoms. The molecule has 138 valence electrons. The van der Waals surface area contributed by atoms with Crippen molar-refractivity contribution >= 4 is 35.5 Å². The zero-order chi connectivity index (χ0) is 18.7. The van der Waals surface area contributed by atoms with Crippen molar-refractivity contribution in [3.05, 3.63) is 0 Å². The molecule has 0 aromatic carbocycles. The molecular formula is C14H26N4O5S. The largest absolute Gasteiger partial charge is 0.480 e. The van der Waals surface area contributed by atoms with Crippen molar-refractivity contribution in [3.63, 3.8) is 0 Å². The van der Waals surface area contributed by atoms with Crippen molar-refractivity contribution in [2.75, 3.05) is 18.2 Å². The van der Waals surface area contributed by atoms with E-state index in [1.807, 2.05) is 13.8 Å². The van der Waals surface area contributed by atoms with Crippen molar-refractivity contribution in [1.29, 1.82) is 0 Å². The van der Waals surface area contributed by atoms with Gasteiger partial charge in [-0.2, -0.15) is 0 Å². The van der Waals surface area contributed by atoms with Gasteiger partial charge in [-0.1, -0.05) is 13.8 Å². The molecule has 0 bridgehead atoms. The zero-order valence-electron chi connectivity index (χ0n) is 14.1. The van der Waals surface area contributed by atoms with E-state index in [1.54, 1.807) is 0 Å². The summed E-state index contributed by atoms with van der Waals surface area (Å²) in [6.07, 6.45) is 0.275. The minimum Gasteiger partial charge on any atom is -0.480 e. The van der Waals surface area contributed by atoms with Gasteiger partial charge in [0.15, 0.2) is 0 Å². The van der Waals surface area contributed by atoms with Crippen molar-refractivity contribution in [1.82, 2.24) is 16.0 Å². The molecular weight excluding hydrogens is 336 g/mol. The summed E-state index contributed by atoms with van der Waals surface area (Å²) in [6.45, 7) is 4.77. The van der Waals surface area contributed by atoms with Crippen LogP contribution in [0.25, 0.3) is 0 Å². The lowest BCUT2D eigenvalue weighted by Crippen LogP contribution is -2.54. The fourth-order valence-corrected chi connectivity index (χ4v) is 2.62. The van der Waals surface area contributed by atoms with Gasteiger partial charge in [-0.25, -0.2) is 4.79 Å². The number of carboxylic acid groups (broad SMARTS) is 1. The Kier molecular flexibility index (Phi) is 10.8. The third kappa shape index (κ3) is 10.1. The Bertz CT molecular complexity index is 458. The van der Waals surface area contributed by atoms with Crippen molar-refractivity contribution in [3.8, 4) is 0 Å². The monoisotopic (exact) mass is 362 g/mol. The molecule has 0 aromatic rings. The first-order valence-corrected chi connectivity index (χ1v) is 8.67. The van der Waals surface area contributed by atoms with Crippen LogP contribution in [-0.4, -0.2) is 59.1 Å². The molecule has 0 fully saturated rings. The van der Waals surface area contributed by atoms with Gasteiger partial charge in [-0.15, -0.1) is 11.8 Å². The van der Waals surface area contributed by atoms with Crippen molar-refractivity contribution in [2.45, 2.75) is 39.3 Å². The van der Waals surface area contributed by atoms with Gasteiger partial charge in [0, 0.05) is 12.7 Å². The molecule has 0 aliphatic heterocycles. The summed E-state index contributed by atoms with van der Waals surface area (Å²) in [5.41, 5.74) is 5.23. The van der Waals surface area contributed by atoms with Crippen LogP contribution in [0.5, 0.6) is 0 Å². The molecule has 0 heterocycles. The van der Waals surface area contributed by atoms with Gasteiger partial charge >= 0.3 is 5.97 Å². The molecule has 24 heavy (non-hydrogen) atoms. The number of nitrogens with one attached hydrogen (secondary N) is 3. The first kappa shape index (κ1) is 22.2. The van der Waals surface area contributed by atoms with E-state index in [-0.39, 0.29) is 36.4 Å². The van der Waals surface area contributed by atoms with Crippen LogP contribution in [0.2, 0.25) is 0 Å². The first-order chi connectivity index (χ1) is 11.2. The van der Waals surface area contributed by atoms with E-state index in [4.69, 9.17) is 5.73 Å². The Morgan fingerprint density at radius 3 is 2.21 bits per heavy atom. The van der Waals surface area contributed by atoms with Gasteiger partial charge in [0.1, 0.15) is 12.1 Å². The Labute approximate surface area is 145 Å². The van der Waals surface area contributed by atoms with Gasteiger partial charge in [0.05, 0.1) is 12.4 Å². The van der Waals surface area contributed by atoms with Gasteiger partial charge in [-0.05, 0) is 12.3 Å². The van der Waals surface area contributed by atoms with Crippen LogP contribution >= 0.6 is 11.8 Å². The molecule has 10 heteroatoms. The lowest BCUT2D eigenvalue weighted by Gasteiger charge is -2.22. The number of amides is 3. The molecule has 0 aliphatic carbocycles. The maximum Gasteiger partial charge on any atom is 0.326 e. The molecule has 0 radical (unpaired) electrons.